The summed E-state index contributed by atoms with van der Waals surface area (Å²) in [5.74, 6) is -0.453. The quantitative estimate of drug-likeness (QED) is 0.910. The lowest BCUT2D eigenvalue weighted by Crippen LogP contribution is -2.26. The van der Waals surface area contributed by atoms with Crippen molar-refractivity contribution >= 4 is 27.5 Å². The fourth-order valence-electron chi connectivity index (χ4n) is 2.07. The Morgan fingerprint density at radius 1 is 1.59 bits per heavy atom. The first-order valence-corrected chi connectivity index (χ1v) is 6.19. The maximum absolute atomic E-state index is 13.7. The molecule has 0 spiro atoms. The number of rotatable bonds is 2. The Balaban J connectivity index is 2.35. The van der Waals surface area contributed by atoms with E-state index in [1.165, 1.54) is 0 Å². The molecule has 1 aromatic rings. The van der Waals surface area contributed by atoms with Gasteiger partial charge in [-0.05, 0) is 35.0 Å². The van der Waals surface area contributed by atoms with E-state index in [1.807, 2.05) is 0 Å². The lowest BCUT2D eigenvalue weighted by molar-refractivity contribution is -0.117. The number of hydrogen-bond donors (Lipinski definition) is 1. The predicted octanol–water partition coefficient (Wildman–Crippen LogP) is 2.24. The predicted molar refractivity (Wildman–Crippen MR) is 66.4 cm³/mol. The molecule has 3 nitrogen and oxygen atoms in total. The molecule has 0 bridgehead atoms. The Hall–Kier alpha value is -0.940. The third-order valence-electron chi connectivity index (χ3n) is 3.06. The van der Waals surface area contributed by atoms with Crippen molar-refractivity contribution in [3.05, 3.63) is 28.0 Å². The van der Waals surface area contributed by atoms with Gasteiger partial charge in [0.05, 0.1) is 4.47 Å². The van der Waals surface area contributed by atoms with Crippen molar-refractivity contribution in [2.75, 3.05) is 18.1 Å². The molecule has 1 atom stereocenters. The monoisotopic (exact) mass is 301 g/mol. The topological polar surface area (TPSA) is 40.5 Å². The highest BCUT2D eigenvalue weighted by atomic mass is 79.9. The molecular formula is C12H13BrFNO2. The lowest BCUT2D eigenvalue weighted by atomic mass is 10.1. The van der Waals surface area contributed by atoms with Gasteiger partial charge in [-0.3, -0.25) is 4.79 Å². The van der Waals surface area contributed by atoms with Gasteiger partial charge < -0.3 is 10.0 Å². The largest absolute Gasteiger partial charge is 0.396 e. The molecule has 1 unspecified atom stereocenters. The molecule has 0 saturated carbocycles. The molecule has 92 valence electrons. The minimum absolute atomic E-state index is 0.0136. The van der Waals surface area contributed by atoms with Gasteiger partial charge in [0.1, 0.15) is 5.82 Å². The van der Waals surface area contributed by atoms with Crippen molar-refractivity contribution in [2.45, 2.75) is 13.3 Å². The molecule has 1 saturated heterocycles. The first kappa shape index (κ1) is 12.5. The normalized spacial score (nSPS) is 20.1. The van der Waals surface area contributed by atoms with Crippen LogP contribution in [0.25, 0.3) is 0 Å². The van der Waals surface area contributed by atoms with Crippen LogP contribution in [0.1, 0.15) is 12.0 Å². The Morgan fingerprint density at radius 3 is 2.88 bits per heavy atom. The Kier molecular flexibility index (Phi) is 3.49. The van der Waals surface area contributed by atoms with Crippen molar-refractivity contribution in [1.82, 2.24) is 0 Å². The fraction of sp³-hybridized carbons (Fsp3) is 0.417. The number of aliphatic hydroxyl groups excluding tert-OH is 1. The minimum Gasteiger partial charge on any atom is -0.396 e. The maximum atomic E-state index is 13.7. The second-order valence-corrected chi connectivity index (χ2v) is 5.12. The average molecular weight is 302 g/mol. The highest BCUT2D eigenvalue weighted by Gasteiger charge is 2.31. The highest BCUT2D eigenvalue weighted by molar-refractivity contribution is 9.10. The third kappa shape index (κ3) is 2.21. The molecule has 1 fully saturated rings. The van der Waals surface area contributed by atoms with E-state index < -0.39 is 0 Å². The molecule has 0 aliphatic carbocycles. The first-order valence-electron chi connectivity index (χ1n) is 5.40. The Bertz CT molecular complexity index is 464. The molecule has 2 rings (SSSR count). The zero-order valence-electron chi connectivity index (χ0n) is 9.41. The Labute approximate surface area is 107 Å². The zero-order chi connectivity index (χ0) is 12.6. The van der Waals surface area contributed by atoms with E-state index in [9.17, 15) is 9.18 Å². The van der Waals surface area contributed by atoms with E-state index in [0.717, 1.165) is 0 Å². The molecule has 1 aliphatic heterocycles. The molecule has 1 heterocycles. The van der Waals surface area contributed by atoms with Crippen molar-refractivity contribution in [3.8, 4) is 0 Å². The van der Waals surface area contributed by atoms with Crippen LogP contribution in [0.5, 0.6) is 0 Å². The summed E-state index contributed by atoms with van der Waals surface area (Å²) < 4.78 is 14.1. The minimum atomic E-state index is -0.345. The highest BCUT2D eigenvalue weighted by Crippen LogP contribution is 2.31. The summed E-state index contributed by atoms with van der Waals surface area (Å²) in [5.41, 5.74) is 1.04. The van der Waals surface area contributed by atoms with Crippen LogP contribution in [-0.4, -0.2) is 24.2 Å². The van der Waals surface area contributed by atoms with Crippen LogP contribution in [0, 0.1) is 18.7 Å². The molecule has 0 aromatic heterocycles. The van der Waals surface area contributed by atoms with E-state index >= 15 is 0 Å². The summed E-state index contributed by atoms with van der Waals surface area (Å²) in [6.45, 7) is 2.09. The van der Waals surface area contributed by atoms with Crippen LogP contribution in [0.3, 0.4) is 0 Å². The number of hydrogen-bond acceptors (Lipinski definition) is 2. The number of amides is 1. The number of nitrogens with zero attached hydrogens (tertiary/aromatic N) is 1. The summed E-state index contributed by atoms with van der Waals surface area (Å²) in [6.07, 6.45) is 0.327. The van der Waals surface area contributed by atoms with Gasteiger partial charge in [0.2, 0.25) is 5.91 Å². The van der Waals surface area contributed by atoms with Gasteiger partial charge in [0.25, 0.3) is 0 Å². The number of halogens is 2. The second kappa shape index (κ2) is 4.74. The van der Waals surface area contributed by atoms with Crippen molar-refractivity contribution in [1.29, 1.82) is 0 Å². The van der Waals surface area contributed by atoms with Crippen molar-refractivity contribution in [3.63, 3.8) is 0 Å². The van der Waals surface area contributed by atoms with E-state index in [1.54, 1.807) is 24.0 Å². The van der Waals surface area contributed by atoms with E-state index in [0.29, 0.717) is 28.7 Å². The van der Waals surface area contributed by atoms with Gasteiger partial charge in [-0.25, -0.2) is 4.39 Å². The van der Waals surface area contributed by atoms with Crippen molar-refractivity contribution in [2.24, 2.45) is 5.92 Å². The van der Waals surface area contributed by atoms with Crippen LogP contribution >= 0.6 is 15.9 Å². The third-order valence-corrected chi connectivity index (χ3v) is 3.68. The SMILES string of the molecule is Cc1c(N2CC(CO)CC2=O)ccc(Br)c1F. The van der Waals surface area contributed by atoms with Gasteiger partial charge in [0.15, 0.2) is 0 Å². The summed E-state index contributed by atoms with van der Waals surface area (Å²) in [6, 6.07) is 3.32. The zero-order valence-corrected chi connectivity index (χ0v) is 11.0. The summed E-state index contributed by atoms with van der Waals surface area (Å²) in [5, 5.41) is 9.06. The van der Waals surface area contributed by atoms with Crippen LogP contribution in [-0.2, 0) is 4.79 Å². The average Bonchev–Trinajstić information content (AvgIpc) is 2.68. The molecule has 1 aliphatic rings. The fourth-order valence-corrected chi connectivity index (χ4v) is 2.50. The number of benzene rings is 1. The maximum Gasteiger partial charge on any atom is 0.227 e. The Morgan fingerprint density at radius 2 is 2.29 bits per heavy atom. The molecule has 1 N–H and O–H groups in total. The van der Waals surface area contributed by atoms with Gasteiger partial charge in [-0.1, -0.05) is 0 Å². The number of anilines is 1. The molecule has 5 heteroatoms. The number of carbonyl (C=O) groups excluding carboxylic acids is 1. The standard InChI is InChI=1S/C12H13BrFNO2/c1-7-10(3-2-9(13)12(7)14)15-5-8(6-16)4-11(15)17/h2-3,8,16H,4-6H2,1H3. The number of carbonyl (C=O) groups is 1. The number of aliphatic hydroxyl groups is 1. The first-order chi connectivity index (χ1) is 8.04. The van der Waals surface area contributed by atoms with E-state index in [2.05, 4.69) is 15.9 Å². The molecular weight excluding hydrogens is 289 g/mol. The van der Waals surface area contributed by atoms with Gasteiger partial charge in [-0.2, -0.15) is 0 Å². The van der Waals surface area contributed by atoms with Crippen LogP contribution in [0.15, 0.2) is 16.6 Å². The van der Waals surface area contributed by atoms with Gasteiger partial charge >= 0.3 is 0 Å². The second-order valence-electron chi connectivity index (χ2n) is 4.26. The smallest absolute Gasteiger partial charge is 0.227 e. The molecule has 0 radical (unpaired) electrons. The summed E-state index contributed by atoms with van der Waals surface area (Å²) in [4.78, 5) is 13.3. The van der Waals surface area contributed by atoms with E-state index in [-0.39, 0.29) is 24.2 Å². The molecule has 1 amide bonds. The molecule has 1 aromatic carbocycles. The summed E-state index contributed by atoms with van der Waals surface area (Å²) in [7, 11) is 0. The molecule has 17 heavy (non-hydrogen) atoms. The lowest BCUT2D eigenvalue weighted by Gasteiger charge is -2.19. The van der Waals surface area contributed by atoms with Crippen molar-refractivity contribution < 1.29 is 14.3 Å². The van der Waals surface area contributed by atoms with Gasteiger partial charge in [0, 0.05) is 36.7 Å². The van der Waals surface area contributed by atoms with Crippen LogP contribution in [0.4, 0.5) is 10.1 Å². The van der Waals surface area contributed by atoms with Crippen LogP contribution in [0.2, 0.25) is 0 Å². The van der Waals surface area contributed by atoms with Crippen LogP contribution < -0.4 is 4.90 Å². The van der Waals surface area contributed by atoms with Gasteiger partial charge in [-0.15, -0.1) is 0 Å². The van der Waals surface area contributed by atoms with E-state index in [4.69, 9.17) is 5.11 Å². The summed E-state index contributed by atoms with van der Waals surface area (Å²) >= 11 is 3.11.